The standard InChI is InChI=1S/C11H14N2O4/c1-6-3-9(17-7(2)14)10-8(6)4-12-5-13(10)11(15)16/h4,6,9H,3,5H2,1-2H3,(H,15,16). The summed E-state index contributed by atoms with van der Waals surface area (Å²) in [5.41, 5.74) is 1.42. The van der Waals surface area contributed by atoms with Crippen LogP contribution in [0.25, 0.3) is 0 Å². The van der Waals surface area contributed by atoms with E-state index in [1.807, 2.05) is 6.92 Å². The highest BCUT2D eigenvalue weighted by molar-refractivity contribution is 5.85. The largest absolute Gasteiger partial charge is 0.465 e. The van der Waals surface area contributed by atoms with E-state index in [1.165, 1.54) is 6.92 Å². The second kappa shape index (κ2) is 4.20. The normalized spacial score (nSPS) is 27.1. The van der Waals surface area contributed by atoms with Crippen molar-refractivity contribution >= 4 is 18.3 Å². The first-order valence-electron chi connectivity index (χ1n) is 5.42. The van der Waals surface area contributed by atoms with Crippen molar-refractivity contribution in [3.8, 4) is 0 Å². The fourth-order valence-electron chi connectivity index (χ4n) is 2.29. The predicted octanol–water partition coefficient (Wildman–Crippen LogP) is 1.23. The van der Waals surface area contributed by atoms with E-state index in [1.54, 1.807) is 6.21 Å². The average molecular weight is 238 g/mol. The summed E-state index contributed by atoms with van der Waals surface area (Å²) >= 11 is 0. The lowest BCUT2D eigenvalue weighted by atomic mass is 10.0. The number of ether oxygens (including phenoxy) is 1. The molecule has 0 aromatic rings. The van der Waals surface area contributed by atoms with Gasteiger partial charge in [-0.15, -0.1) is 0 Å². The smallest absolute Gasteiger partial charge is 0.413 e. The van der Waals surface area contributed by atoms with Crippen LogP contribution in [0, 0.1) is 5.92 Å². The van der Waals surface area contributed by atoms with E-state index in [4.69, 9.17) is 9.84 Å². The van der Waals surface area contributed by atoms with Gasteiger partial charge in [-0.05, 0) is 17.9 Å². The van der Waals surface area contributed by atoms with Crippen molar-refractivity contribution in [3.05, 3.63) is 11.3 Å². The molecule has 6 nitrogen and oxygen atoms in total. The number of allylic oxidation sites excluding steroid dienone is 1. The predicted molar refractivity (Wildman–Crippen MR) is 59.6 cm³/mol. The molecule has 0 aromatic carbocycles. The number of carboxylic acid groups (broad SMARTS) is 1. The van der Waals surface area contributed by atoms with Gasteiger partial charge in [-0.2, -0.15) is 0 Å². The third-order valence-electron chi connectivity index (χ3n) is 2.98. The van der Waals surface area contributed by atoms with Gasteiger partial charge in [0.1, 0.15) is 12.8 Å². The fraction of sp³-hybridized carbons (Fsp3) is 0.545. The van der Waals surface area contributed by atoms with Crippen LogP contribution in [0.1, 0.15) is 20.3 Å². The van der Waals surface area contributed by atoms with E-state index in [0.29, 0.717) is 12.1 Å². The van der Waals surface area contributed by atoms with E-state index in [-0.39, 0.29) is 12.6 Å². The Balaban J connectivity index is 2.34. The monoisotopic (exact) mass is 238 g/mol. The van der Waals surface area contributed by atoms with Crippen molar-refractivity contribution in [2.75, 3.05) is 6.67 Å². The molecule has 2 rings (SSSR count). The van der Waals surface area contributed by atoms with Crippen molar-refractivity contribution in [2.24, 2.45) is 10.9 Å². The molecule has 17 heavy (non-hydrogen) atoms. The molecule has 1 aliphatic heterocycles. The van der Waals surface area contributed by atoms with Crippen molar-refractivity contribution in [1.29, 1.82) is 0 Å². The number of hydrogen-bond acceptors (Lipinski definition) is 4. The molecule has 0 aromatic heterocycles. The molecule has 0 spiro atoms. The summed E-state index contributed by atoms with van der Waals surface area (Å²) < 4.78 is 5.17. The topological polar surface area (TPSA) is 79.2 Å². The minimum Gasteiger partial charge on any atom is -0.465 e. The van der Waals surface area contributed by atoms with Gasteiger partial charge in [0.2, 0.25) is 0 Å². The van der Waals surface area contributed by atoms with Crippen LogP contribution >= 0.6 is 0 Å². The van der Waals surface area contributed by atoms with Gasteiger partial charge in [0.25, 0.3) is 0 Å². The Bertz CT molecular complexity index is 427. The second-order valence-electron chi connectivity index (χ2n) is 4.24. The lowest BCUT2D eigenvalue weighted by molar-refractivity contribution is -0.145. The molecule has 0 bridgehead atoms. The first-order valence-corrected chi connectivity index (χ1v) is 5.42. The first kappa shape index (κ1) is 11.6. The fourth-order valence-corrected chi connectivity index (χ4v) is 2.29. The Kier molecular flexibility index (Phi) is 2.87. The zero-order valence-corrected chi connectivity index (χ0v) is 9.71. The SMILES string of the molecule is CC(=O)OC1CC(C)C2=C1N(C(=O)O)CN=C2. The van der Waals surface area contributed by atoms with E-state index in [2.05, 4.69) is 4.99 Å². The maximum Gasteiger partial charge on any atom is 0.413 e. The van der Waals surface area contributed by atoms with Crippen molar-refractivity contribution in [3.63, 3.8) is 0 Å². The Morgan fingerprint density at radius 3 is 2.88 bits per heavy atom. The molecule has 0 fully saturated rings. The molecule has 2 unspecified atom stereocenters. The van der Waals surface area contributed by atoms with Crippen LogP contribution in [-0.4, -0.2) is 41.1 Å². The maximum absolute atomic E-state index is 11.1. The molecule has 2 aliphatic rings. The maximum atomic E-state index is 11.1. The molecule has 1 N–H and O–H groups in total. The van der Waals surface area contributed by atoms with Crippen molar-refractivity contribution < 1.29 is 19.4 Å². The first-order chi connectivity index (χ1) is 8.00. The molecule has 92 valence electrons. The van der Waals surface area contributed by atoms with E-state index < -0.39 is 18.2 Å². The number of hydrogen-bond donors (Lipinski definition) is 1. The Labute approximate surface area is 98.6 Å². The van der Waals surface area contributed by atoms with Crippen molar-refractivity contribution in [2.45, 2.75) is 26.4 Å². The summed E-state index contributed by atoms with van der Waals surface area (Å²) in [6.45, 7) is 3.36. The third kappa shape index (κ3) is 2.02. The summed E-state index contributed by atoms with van der Waals surface area (Å²) in [5, 5.41) is 9.10. The average Bonchev–Trinajstić information content (AvgIpc) is 2.55. The van der Waals surface area contributed by atoms with E-state index in [0.717, 1.165) is 10.5 Å². The molecule has 0 radical (unpaired) electrons. The number of carbonyl (C=O) groups is 2. The highest BCUT2D eigenvalue weighted by Gasteiger charge is 2.39. The van der Waals surface area contributed by atoms with Crippen molar-refractivity contribution in [1.82, 2.24) is 4.90 Å². The van der Waals surface area contributed by atoms with Crippen LogP contribution in [0.4, 0.5) is 4.79 Å². The van der Waals surface area contributed by atoms with Crippen LogP contribution in [0.15, 0.2) is 16.3 Å². The molecule has 1 aliphatic carbocycles. The molecule has 2 atom stereocenters. The summed E-state index contributed by atoms with van der Waals surface area (Å²) in [4.78, 5) is 27.3. The Morgan fingerprint density at radius 1 is 1.59 bits per heavy atom. The molecule has 1 amide bonds. The van der Waals surface area contributed by atoms with Crippen LogP contribution < -0.4 is 0 Å². The highest BCUT2D eigenvalue weighted by Crippen LogP contribution is 2.36. The van der Waals surface area contributed by atoms with Gasteiger partial charge in [0, 0.05) is 13.1 Å². The summed E-state index contributed by atoms with van der Waals surface area (Å²) in [7, 11) is 0. The van der Waals surface area contributed by atoms with Gasteiger partial charge in [-0.3, -0.25) is 14.7 Å². The molecular weight excluding hydrogens is 224 g/mol. The van der Waals surface area contributed by atoms with Crippen LogP contribution in [0.2, 0.25) is 0 Å². The number of rotatable bonds is 1. The van der Waals surface area contributed by atoms with E-state index in [9.17, 15) is 9.59 Å². The highest BCUT2D eigenvalue weighted by atomic mass is 16.5. The van der Waals surface area contributed by atoms with Gasteiger partial charge < -0.3 is 9.84 Å². The van der Waals surface area contributed by atoms with Gasteiger partial charge >= 0.3 is 12.1 Å². The Hall–Kier alpha value is -1.85. The van der Waals surface area contributed by atoms with Gasteiger partial charge in [0.15, 0.2) is 0 Å². The number of nitrogens with zero attached hydrogens (tertiary/aromatic N) is 2. The lowest BCUT2D eigenvalue weighted by Gasteiger charge is -2.26. The van der Waals surface area contributed by atoms with Gasteiger partial charge in [-0.25, -0.2) is 4.79 Å². The second-order valence-corrected chi connectivity index (χ2v) is 4.24. The third-order valence-corrected chi connectivity index (χ3v) is 2.98. The lowest BCUT2D eigenvalue weighted by Crippen LogP contribution is -2.36. The number of aliphatic imine (C=N–C) groups is 1. The van der Waals surface area contributed by atoms with Crippen LogP contribution in [0.5, 0.6) is 0 Å². The van der Waals surface area contributed by atoms with Gasteiger partial charge in [-0.1, -0.05) is 6.92 Å². The zero-order chi connectivity index (χ0) is 12.6. The summed E-state index contributed by atoms with van der Waals surface area (Å²) in [6, 6.07) is 0. The quantitative estimate of drug-likeness (QED) is 0.697. The summed E-state index contributed by atoms with van der Waals surface area (Å²) in [6.07, 6.45) is 0.754. The van der Waals surface area contributed by atoms with Gasteiger partial charge in [0.05, 0.1) is 5.70 Å². The van der Waals surface area contributed by atoms with Crippen LogP contribution in [0.3, 0.4) is 0 Å². The molecule has 0 saturated carbocycles. The minimum atomic E-state index is -1.07. The Morgan fingerprint density at radius 2 is 2.29 bits per heavy atom. The molecule has 0 saturated heterocycles. The number of carbonyl (C=O) groups excluding carboxylic acids is 1. The van der Waals surface area contributed by atoms with E-state index >= 15 is 0 Å². The zero-order valence-electron chi connectivity index (χ0n) is 9.71. The molecule has 6 heteroatoms. The number of amides is 1. The molecular formula is C11H14N2O4. The molecule has 1 heterocycles. The minimum absolute atomic E-state index is 0.0681. The summed E-state index contributed by atoms with van der Waals surface area (Å²) in [5.74, 6) is -0.246. The number of esters is 1. The van der Waals surface area contributed by atoms with Crippen LogP contribution in [-0.2, 0) is 9.53 Å².